The summed E-state index contributed by atoms with van der Waals surface area (Å²) in [7, 11) is 0. The maximum absolute atomic E-state index is 6.18. The van der Waals surface area contributed by atoms with E-state index >= 15 is 0 Å². The van der Waals surface area contributed by atoms with Crippen LogP contribution >= 0.6 is 11.6 Å². The summed E-state index contributed by atoms with van der Waals surface area (Å²) < 4.78 is 0. The van der Waals surface area contributed by atoms with Gasteiger partial charge in [0.1, 0.15) is 5.82 Å². The Kier molecular flexibility index (Phi) is 6.20. The van der Waals surface area contributed by atoms with Crippen LogP contribution in [0.15, 0.2) is 30.5 Å². The molecule has 2 unspecified atom stereocenters. The minimum absolute atomic E-state index is 0.237. The molecule has 2 atom stereocenters. The Morgan fingerprint density at radius 3 is 2.73 bits per heavy atom. The molecule has 2 heterocycles. The molecule has 1 aliphatic rings. The van der Waals surface area contributed by atoms with Crippen LogP contribution in [0.4, 0.5) is 5.82 Å². The van der Waals surface area contributed by atoms with Crippen molar-refractivity contribution in [2.24, 2.45) is 5.92 Å². The predicted octanol–water partition coefficient (Wildman–Crippen LogP) is 5.76. The smallest absolute Gasteiger partial charge is 0.126 e. The highest BCUT2D eigenvalue weighted by atomic mass is 35.5. The van der Waals surface area contributed by atoms with Crippen LogP contribution in [0.1, 0.15) is 55.0 Å². The maximum atomic E-state index is 6.18. The maximum Gasteiger partial charge on any atom is 0.126 e. The van der Waals surface area contributed by atoms with E-state index in [1.165, 1.54) is 36.2 Å². The van der Waals surface area contributed by atoms with Crippen LogP contribution in [-0.2, 0) is 6.54 Å². The lowest BCUT2D eigenvalue weighted by Gasteiger charge is -2.21. The van der Waals surface area contributed by atoms with E-state index in [1.54, 1.807) is 0 Å². The summed E-state index contributed by atoms with van der Waals surface area (Å²) in [5.74, 6) is 1.77. The lowest BCUT2D eigenvalue weighted by Crippen LogP contribution is -2.20. The molecule has 2 aromatic rings. The Bertz CT molecular complexity index is 759. The normalized spacial score (nSPS) is 18.9. The number of hydrogen-bond donors (Lipinski definition) is 1. The lowest BCUT2D eigenvalue weighted by molar-refractivity contribution is 0.319. The van der Waals surface area contributed by atoms with E-state index < -0.39 is 0 Å². The molecule has 3 nitrogen and oxygen atoms in total. The van der Waals surface area contributed by atoms with E-state index in [0.717, 1.165) is 35.3 Å². The van der Waals surface area contributed by atoms with Gasteiger partial charge < -0.3 is 5.32 Å². The van der Waals surface area contributed by atoms with Crippen molar-refractivity contribution in [1.29, 1.82) is 0 Å². The number of aryl methyl sites for hydroxylation is 2. The topological polar surface area (TPSA) is 28.2 Å². The molecule has 0 aliphatic carbocycles. The van der Waals surface area contributed by atoms with Crippen molar-refractivity contribution >= 4 is 17.4 Å². The number of benzene rings is 1. The number of pyridine rings is 1. The summed E-state index contributed by atoms with van der Waals surface area (Å²) in [6, 6.07) is 8.73. The first-order chi connectivity index (χ1) is 12.5. The number of halogens is 1. The Morgan fingerprint density at radius 1 is 1.27 bits per heavy atom. The number of hydrogen-bond acceptors (Lipinski definition) is 3. The molecule has 4 heteroatoms. The first kappa shape index (κ1) is 19.2. The fraction of sp³-hybridized carbons (Fsp3) is 0.500. The molecule has 1 aliphatic heterocycles. The largest absolute Gasteiger partial charge is 0.363 e. The van der Waals surface area contributed by atoms with Gasteiger partial charge in [-0.2, -0.15) is 0 Å². The van der Waals surface area contributed by atoms with Gasteiger partial charge in [0.2, 0.25) is 0 Å². The van der Waals surface area contributed by atoms with E-state index in [0.29, 0.717) is 0 Å². The van der Waals surface area contributed by atoms with E-state index in [2.05, 4.69) is 61.1 Å². The van der Waals surface area contributed by atoms with Gasteiger partial charge in [-0.1, -0.05) is 37.6 Å². The second kappa shape index (κ2) is 8.41. The highest BCUT2D eigenvalue weighted by Gasteiger charge is 2.19. The second-order valence-corrected chi connectivity index (χ2v) is 8.15. The van der Waals surface area contributed by atoms with Crippen molar-refractivity contribution in [3.8, 4) is 0 Å². The van der Waals surface area contributed by atoms with Crippen LogP contribution in [0, 0.1) is 19.8 Å². The molecule has 26 heavy (non-hydrogen) atoms. The molecule has 0 amide bonds. The summed E-state index contributed by atoms with van der Waals surface area (Å²) in [6.45, 7) is 12.2. The summed E-state index contributed by atoms with van der Waals surface area (Å²) in [6.07, 6.45) is 4.30. The third-order valence-corrected chi connectivity index (χ3v) is 5.86. The Balaban J connectivity index is 1.75. The number of likely N-dealkylation sites (tertiary alicyclic amines) is 1. The molecular weight excluding hydrogens is 342 g/mol. The number of anilines is 1. The molecule has 140 valence electrons. The van der Waals surface area contributed by atoms with Crippen LogP contribution < -0.4 is 5.32 Å². The lowest BCUT2D eigenvalue weighted by atomic mass is 10.0. The molecule has 1 aromatic carbocycles. The molecule has 1 saturated heterocycles. The van der Waals surface area contributed by atoms with Crippen molar-refractivity contribution in [2.45, 2.75) is 53.1 Å². The quantitative estimate of drug-likeness (QED) is 0.699. The van der Waals surface area contributed by atoms with Gasteiger partial charge in [-0.15, -0.1) is 0 Å². The number of nitrogens with zero attached hydrogens (tertiary/aromatic N) is 2. The summed E-state index contributed by atoms with van der Waals surface area (Å²) >= 11 is 6.18. The zero-order chi connectivity index (χ0) is 18.7. The Labute approximate surface area is 162 Å². The first-order valence-electron chi connectivity index (χ1n) is 9.66. The van der Waals surface area contributed by atoms with Gasteiger partial charge in [-0.25, -0.2) is 4.98 Å². The third-order valence-electron chi connectivity index (χ3n) is 5.43. The number of nitrogens with one attached hydrogen (secondary N) is 1. The van der Waals surface area contributed by atoms with E-state index in [-0.39, 0.29) is 6.04 Å². The molecule has 1 N–H and O–H groups in total. The van der Waals surface area contributed by atoms with E-state index in [9.17, 15) is 0 Å². The summed E-state index contributed by atoms with van der Waals surface area (Å²) in [5.41, 5.74) is 5.01. The van der Waals surface area contributed by atoms with Gasteiger partial charge >= 0.3 is 0 Å². The fourth-order valence-corrected chi connectivity index (χ4v) is 3.83. The van der Waals surface area contributed by atoms with Gasteiger partial charge in [-0.3, -0.25) is 4.90 Å². The van der Waals surface area contributed by atoms with Crippen molar-refractivity contribution in [1.82, 2.24) is 9.88 Å². The molecule has 0 saturated carbocycles. The van der Waals surface area contributed by atoms with Crippen LogP contribution in [0.25, 0.3) is 0 Å². The van der Waals surface area contributed by atoms with E-state index in [1.807, 2.05) is 12.3 Å². The highest BCUT2D eigenvalue weighted by molar-refractivity contribution is 6.31. The van der Waals surface area contributed by atoms with Crippen molar-refractivity contribution in [3.63, 3.8) is 0 Å². The van der Waals surface area contributed by atoms with Crippen LogP contribution in [0.2, 0.25) is 5.02 Å². The predicted molar refractivity (Wildman–Crippen MR) is 111 cm³/mol. The van der Waals surface area contributed by atoms with Crippen LogP contribution in [-0.4, -0.2) is 23.0 Å². The average molecular weight is 372 g/mol. The monoisotopic (exact) mass is 371 g/mol. The highest BCUT2D eigenvalue weighted by Crippen LogP contribution is 2.27. The van der Waals surface area contributed by atoms with Crippen LogP contribution in [0.3, 0.4) is 0 Å². The molecule has 3 rings (SSSR count). The summed E-state index contributed by atoms with van der Waals surface area (Å²) in [4.78, 5) is 7.18. The van der Waals surface area contributed by atoms with E-state index in [4.69, 9.17) is 11.6 Å². The van der Waals surface area contributed by atoms with Gasteiger partial charge in [0.15, 0.2) is 0 Å². The molecule has 1 fully saturated rings. The molecule has 0 radical (unpaired) electrons. The van der Waals surface area contributed by atoms with Gasteiger partial charge in [0.25, 0.3) is 0 Å². The Morgan fingerprint density at radius 2 is 2.08 bits per heavy atom. The van der Waals surface area contributed by atoms with Gasteiger partial charge in [0, 0.05) is 24.3 Å². The molecular formula is C22H30ClN3. The Hall–Kier alpha value is -1.58. The zero-order valence-electron chi connectivity index (χ0n) is 16.3. The SMILES string of the molecule is CCC(Nc1cc(CN2CCC(C)C2)c(C)cn1)c1ccc(Cl)c(C)c1. The molecule has 0 bridgehead atoms. The minimum atomic E-state index is 0.237. The van der Waals surface area contributed by atoms with Crippen molar-refractivity contribution in [2.75, 3.05) is 18.4 Å². The fourth-order valence-electron chi connectivity index (χ4n) is 3.71. The summed E-state index contributed by atoms with van der Waals surface area (Å²) in [5, 5.41) is 4.44. The average Bonchev–Trinajstić information content (AvgIpc) is 3.03. The number of aromatic nitrogens is 1. The molecule has 0 spiro atoms. The third kappa shape index (κ3) is 4.57. The van der Waals surface area contributed by atoms with Gasteiger partial charge in [-0.05, 0) is 73.5 Å². The second-order valence-electron chi connectivity index (χ2n) is 7.74. The molecule has 1 aromatic heterocycles. The standard InChI is InChI=1S/C22H30ClN3/c1-5-21(18-6-7-20(23)16(3)10-18)25-22-11-19(17(4)12-24-22)14-26-9-8-15(2)13-26/h6-7,10-12,15,21H,5,8-9,13-14H2,1-4H3,(H,24,25). The first-order valence-corrected chi connectivity index (χ1v) is 10.0. The number of rotatable bonds is 6. The van der Waals surface area contributed by atoms with Crippen molar-refractivity contribution < 1.29 is 0 Å². The van der Waals surface area contributed by atoms with Gasteiger partial charge in [0.05, 0.1) is 6.04 Å². The zero-order valence-corrected chi connectivity index (χ0v) is 17.1. The van der Waals surface area contributed by atoms with Crippen molar-refractivity contribution in [3.05, 3.63) is 57.7 Å². The van der Waals surface area contributed by atoms with Crippen LogP contribution in [0.5, 0.6) is 0 Å². The minimum Gasteiger partial charge on any atom is -0.363 e.